The van der Waals surface area contributed by atoms with Crippen LogP contribution in [0.2, 0.25) is 0 Å². The SMILES string of the molecule is CC1CCCN(CCCCNC(=O)C2CCCN(C(=O)OC(C)(C)C)C2)C1. The Bertz CT molecular complexity index is 490. The Morgan fingerprint density at radius 1 is 1.07 bits per heavy atom. The van der Waals surface area contributed by atoms with Crippen LogP contribution in [0.3, 0.4) is 0 Å². The molecule has 2 saturated heterocycles. The normalized spacial score (nSPS) is 24.5. The third-order valence-corrected chi connectivity index (χ3v) is 5.39. The molecule has 6 heteroatoms. The molecule has 156 valence electrons. The van der Waals surface area contributed by atoms with Crippen LogP contribution in [0.5, 0.6) is 0 Å². The molecule has 0 saturated carbocycles. The lowest BCUT2D eigenvalue weighted by Crippen LogP contribution is -2.47. The molecule has 0 aromatic heterocycles. The van der Waals surface area contributed by atoms with E-state index in [9.17, 15) is 9.59 Å². The van der Waals surface area contributed by atoms with Gasteiger partial charge in [0.1, 0.15) is 5.60 Å². The highest BCUT2D eigenvalue weighted by Gasteiger charge is 2.30. The highest BCUT2D eigenvalue weighted by Crippen LogP contribution is 2.20. The number of ether oxygens (including phenoxy) is 1. The predicted octanol–water partition coefficient (Wildman–Crippen LogP) is 3.26. The van der Waals surface area contributed by atoms with Crippen LogP contribution in [-0.4, -0.2) is 66.7 Å². The molecule has 2 heterocycles. The first-order valence-electron chi connectivity index (χ1n) is 10.7. The van der Waals surface area contributed by atoms with E-state index in [1.54, 1.807) is 4.90 Å². The summed E-state index contributed by atoms with van der Waals surface area (Å²) in [7, 11) is 0. The smallest absolute Gasteiger partial charge is 0.410 e. The molecule has 2 unspecified atom stereocenters. The molecule has 0 spiro atoms. The number of carbonyl (C=O) groups excluding carboxylic acids is 2. The fourth-order valence-electron chi connectivity index (χ4n) is 3.99. The minimum Gasteiger partial charge on any atom is -0.444 e. The van der Waals surface area contributed by atoms with Gasteiger partial charge in [-0.3, -0.25) is 4.79 Å². The molecule has 2 aliphatic heterocycles. The molecule has 2 rings (SSSR count). The first-order chi connectivity index (χ1) is 12.7. The zero-order chi connectivity index (χ0) is 19.9. The average Bonchev–Trinajstić information content (AvgIpc) is 2.60. The largest absolute Gasteiger partial charge is 0.444 e. The maximum Gasteiger partial charge on any atom is 0.410 e. The van der Waals surface area contributed by atoms with E-state index in [0.29, 0.717) is 13.1 Å². The molecule has 2 amide bonds. The Labute approximate surface area is 165 Å². The molecule has 0 aromatic carbocycles. The van der Waals surface area contributed by atoms with Crippen molar-refractivity contribution in [1.29, 1.82) is 0 Å². The number of hydrogen-bond acceptors (Lipinski definition) is 4. The molecular weight excluding hydrogens is 342 g/mol. The number of amides is 2. The van der Waals surface area contributed by atoms with E-state index in [0.717, 1.165) is 44.7 Å². The number of unbranched alkanes of at least 4 members (excludes halogenated alkanes) is 1. The van der Waals surface area contributed by atoms with Gasteiger partial charge in [0, 0.05) is 26.2 Å². The van der Waals surface area contributed by atoms with E-state index in [1.807, 2.05) is 20.8 Å². The van der Waals surface area contributed by atoms with Crippen LogP contribution in [0.15, 0.2) is 0 Å². The van der Waals surface area contributed by atoms with Crippen molar-refractivity contribution in [3.05, 3.63) is 0 Å². The summed E-state index contributed by atoms with van der Waals surface area (Å²) in [6.07, 6.45) is 6.19. The molecule has 2 aliphatic rings. The number of nitrogens with one attached hydrogen (secondary N) is 1. The molecule has 6 nitrogen and oxygen atoms in total. The van der Waals surface area contributed by atoms with Crippen LogP contribution in [0.25, 0.3) is 0 Å². The molecule has 2 fully saturated rings. The van der Waals surface area contributed by atoms with Gasteiger partial charge in [-0.2, -0.15) is 0 Å². The third kappa shape index (κ3) is 8.08. The summed E-state index contributed by atoms with van der Waals surface area (Å²) >= 11 is 0. The number of likely N-dealkylation sites (tertiary alicyclic amines) is 2. The van der Waals surface area contributed by atoms with Crippen molar-refractivity contribution in [3.63, 3.8) is 0 Å². The van der Waals surface area contributed by atoms with Crippen molar-refractivity contribution in [3.8, 4) is 0 Å². The first kappa shape index (κ1) is 22.0. The molecule has 0 aromatic rings. The Balaban J connectivity index is 1.63. The minimum atomic E-state index is -0.502. The number of rotatable bonds is 6. The summed E-state index contributed by atoms with van der Waals surface area (Å²) in [4.78, 5) is 28.9. The van der Waals surface area contributed by atoms with E-state index in [-0.39, 0.29) is 17.9 Å². The van der Waals surface area contributed by atoms with Gasteiger partial charge in [0.05, 0.1) is 5.92 Å². The summed E-state index contributed by atoms with van der Waals surface area (Å²) in [5.41, 5.74) is -0.502. The fraction of sp³-hybridized carbons (Fsp3) is 0.905. The van der Waals surface area contributed by atoms with E-state index in [4.69, 9.17) is 4.74 Å². The maximum atomic E-state index is 12.5. The summed E-state index contributed by atoms with van der Waals surface area (Å²) in [6, 6.07) is 0. The van der Waals surface area contributed by atoms with Crippen molar-refractivity contribution in [2.45, 2.75) is 71.8 Å². The topological polar surface area (TPSA) is 61.9 Å². The number of hydrogen-bond donors (Lipinski definition) is 1. The van der Waals surface area contributed by atoms with Gasteiger partial charge in [-0.15, -0.1) is 0 Å². The van der Waals surface area contributed by atoms with Crippen LogP contribution in [0, 0.1) is 11.8 Å². The van der Waals surface area contributed by atoms with Gasteiger partial charge in [-0.1, -0.05) is 6.92 Å². The van der Waals surface area contributed by atoms with Crippen LogP contribution in [0.4, 0.5) is 4.79 Å². The van der Waals surface area contributed by atoms with Gasteiger partial charge >= 0.3 is 6.09 Å². The van der Waals surface area contributed by atoms with Gasteiger partial charge < -0.3 is 19.9 Å². The van der Waals surface area contributed by atoms with Gasteiger partial charge in [-0.25, -0.2) is 4.79 Å². The molecule has 0 bridgehead atoms. The van der Waals surface area contributed by atoms with Gasteiger partial charge in [0.2, 0.25) is 5.91 Å². The van der Waals surface area contributed by atoms with E-state index < -0.39 is 5.60 Å². The Hall–Kier alpha value is -1.30. The lowest BCUT2D eigenvalue weighted by Gasteiger charge is -2.33. The maximum absolute atomic E-state index is 12.5. The molecule has 0 radical (unpaired) electrons. The van der Waals surface area contributed by atoms with Crippen molar-refractivity contribution in [1.82, 2.24) is 15.1 Å². The van der Waals surface area contributed by atoms with E-state index >= 15 is 0 Å². The summed E-state index contributed by atoms with van der Waals surface area (Å²) < 4.78 is 5.43. The van der Waals surface area contributed by atoms with Gasteiger partial charge in [0.25, 0.3) is 0 Å². The Morgan fingerprint density at radius 2 is 1.81 bits per heavy atom. The van der Waals surface area contributed by atoms with Crippen molar-refractivity contribution < 1.29 is 14.3 Å². The van der Waals surface area contributed by atoms with E-state index in [2.05, 4.69) is 17.1 Å². The zero-order valence-corrected chi connectivity index (χ0v) is 17.8. The second-order valence-corrected chi connectivity index (χ2v) is 9.31. The van der Waals surface area contributed by atoms with E-state index in [1.165, 1.54) is 25.9 Å². The lowest BCUT2D eigenvalue weighted by atomic mass is 9.97. The van der Waals surface area contributed by atoms with Crippen molar-refractivity contribution in [2.24, 2.45) is 11.8 Å². The predicted molar refractivity (Wildman–Crippen MR) is 108 cm³/mol. The highest BCUT2D eigenvalue weighted by atomic mass is 16.6. The van der Waals surface area contributed by atoms with Crippen molar-refractivity contribution in [2.75, 3.05) is 39.3 Å². The van der Waals surface area contributed by atoms with Crippen molar-refractivity contribution >= 4 is 12.0 Å². The lowest BCUT2D eigenvalue weighted by molar-refractivity contribution is -0.126. The summed E-state index contributed by atoms with van der Waals surface area (Å²) in [5.74, 6) is 0.779. The number of nitrogens with zero attached hydrogens (tertiary/aromatic N) is 2. The Kier molecular flexibility index (Phi) is 8.39. The Morgan fingerprint density at radius 3 is 2.52 bits per heavy atom. The van der Waals surface area contributed by atoms with Crippen LogP contribution in [-0.2, 0) is 9.53 Å². The van der Waals surface area contributed by atoms with Crippen LogP contribution in [0.1, 0.15) is 66.2 Å². The minimum absolute atomic E-state index is 0.0786. The molecule has 1 N–H and O–H groups in total. The zero-order valence-electron chi connectivity index (χ0n) is 17.8. The highest BCUT2D eigenvalue weighted by molar-refractivity contribution is 5.80. The third-order valence-electron chi connectivity index (χ3n) is 5.39. The second kappa shape index (κ2) is 10.3. The van der Waals surface area contributed by atoms with Crippen LogP contribution < -0.4 is 5.32 Å². The summed E-state index contributed by atoms with van der Waals surface area (Å²) in [5, 5.41) is 3.07. The fourth-order valence-corrected chi connectivity index (χ4v) is 3.99. The molecular formula is C21H39N3O3. The number of piperidine rings is 2. The molecule has 0 aliphatic carbocycles. The standard InChI is InChI=1S/C21H39N3O3/c1-17-9-7-13-23(15-17)12-6-5-11-22-19(25)18-10-8-14-24(16-18)20(26)27-21(2,3)4/h17-18H,5-16H2,1-4H3,(H,22,25). The monoisotopic (exact) mass is 381 g/mol. The average molecular weight is 382 g/mol. The molecule has 27 heavy (non-hydrogen) atoms. The summed E-state index contributed by atoms with van der Waals surface area (Å²) in [6.45, 7) is 13.4. The van der Waals surface area contributed by atoms with Gasteiger partial charge in [-0.05, 0) is 78.3 Å². The number of carbonyl (C=O) groups is 2. The van der Waals surface area contributed by atoms with Crippen LogP contribution >= 0.6 is 0 Å². The van der Waals surface area contributed by atoms with Gasteiger partial charge in [0.15, 0.2) is 0 Å². The second-order valence-electron chi connectivity index (χ2n) is 9.31. The first-order valence-corrected chi connectivity index (χ1v) is 10.7. The molecule has 2 atom stereocenters. The quantitative estimate of drug-likeness (QED) is 0.718.